The first-order valence-electron chi connectivity index (χ1n) is 11.0. The molecule has 3 aromatic carbocycles. The highest BCUT2D eigenvalue weighted by atomic mass is 35.5. The second-order valence-electron chi connectivity index (χ2n) is 8.08. The highest BCUT2D eigenvalue weighted by Gasteiger charge is 2.23. The first-order valence-corrected chi connectivity index (χ1v) is 12.2. The van der Waals surface area contributed by atoms with Crippen molar-refractivity contribution >= 4 is 45.7 Å². The number of halogens is 1. The zero-order valence-corrected chi connectivity index (χ0v) is 20.8. The Labute approximate surface area is 212 Å². The van der Waals surface area contributed by atoms with Crippen molar-refractivity contribution < 1.29 is 9.59 Å². The first-order chi connectivity index (χ1) is 16.9. The van der Waals surface area contributed by atoms with E-state index in [-0.39, 0.29) is 0 Å². The molecule has 35 heavy (non-hydrogen) atoms. The molecule has 0 spiro atoms. The molecule has 0 saturated carbocycles. The average Bonchev–Trinajstić information content (AvgIpc) is 3.30. The SMILES string of the molecule is Cc1cccc(-c2nnc(NC(=O)[C@H](Cc3ccccc3)NC(=O)Nc3ccc(C)c(Cl)c3)s2)c1. The summed E-state index contributed by atoms with van der Waals surface area (Å²) in [5.41, 5.74) is 4.38. The minimum absolute atomic E-state index is 0.304. The maximum atomic E-state index is 13.2. The van der Waals surface area contributed by atoms with Crippen LogP contribution in [0.3, 0.4) is 0 Å². The zero-order valence-electron chi connectivity index (χ0n) is 19.2. The van der Waals surface area contributed by atoms with Gasteiger partial charge in [0.1, 0.15) is 11.0 Å². The molecule has 1 atom stereocenters. The normalized spacial score (nSPS) is 11.5. The Morgan fingerprint density at radius 3 is 2.49 bits per heavy atom. The first kappa shape index (κ1) is 24.4. The van der Waals surface area contributed by atoms with Gasteiger partial charge in [-0.3, -0.25) is 10.1 Å². The van der Waals surface area contributed by atoms with Crippen LogP contribution >= 0.6 is 22.9 Å². The molecule has 0 radical (unpaired) electrons. The molecule has 0 unspecified atom stereocenters. The summed E-state index contributed by atoms with van der Waals surface area (Å²) >= 11 is 7.43. The lowest BCUT2D eigenvalue weighted by atomic mass is 10.1. The largest absolute Gasteiger partial charge is 0.326 e. The monoisotopic (exact) mass is 505 g/mol. The maximum absolute atomic E-state index is 13.2. The number of nitrogens with one attached hydrogen (secondary N) is 3. The van der Waals surface area contributed by atoms with Gasteiger partial charge < -0.3 is 10.6 Å². The van der Waals surface area contributed by atoms with Gasteiger partial charge in [-0.15, -0.1) is 10.2 Å². The number of hydrogen-bond acceptors (Lipinski definition) is 5. The van der Waals surface area contributed by atoms with E-state index in [1.807, 2.05) is 74.5 Å². The number of carbonyl (C=O) groups excluding carboxylic acids is 2. The van der Waals surface area contributed by atoms with Crippen LogP contribution in [-0.4, -0.2) is 28.2 Å². The molecule has 4 rings (SSSR count). The zero-order chi connectivity index (χ0) is 24.8. The minimum Gasteiger partial charge on any atom is -0.326 e. The summed E-state index contributed by atoms with van der Waals surface area (Å²) in [6.07, 6.45) is 0.304. The van der Waals surface area contributed by atoms with Gasteiger partial charge in [0.25, 0.3) is 0 Å². The van der Waals surface area contributed by atoms with E-state index in [2.05, 4.69) is 26.1 Å². The Bertz CT molecular complexity index is 1340. The van der Waals surface area contributed by atoms with Gasteiger partial charge in [-0.05, 0) is 43.2 Å². The molecule has 0 bridgehead atoms. The van der Waals surface area contributed by atoms with Crippen LogP contribution in [0.15, 0.2) is 72.8 Å². The maximum Gasteiger partial charge on any atom is 0.319 e. The Hall–Kier alpha value is -3.75. The molecule has 0 aliphatic heterocycles. The van der Waals surface area contributed by atoms with Crippen molar-refractivity contribution in [2.75, 3.05) is 10.6 Å². The second kappa shape index (κ2) is 11.1. The molecule has 3 amide bonds. The number of rotatable bonds is 7. The molecule has 1 heterocycles. The number of amides is 3. The Balaban J connectivity index is 1.48. The molecular weight excluding hydrogens is 482 g/mol. The van der Waals surface area contributed by atoms with E-state index in [1.54, 1.807) is 12.1 Å². The Morgan fingerprint density at radius 1 is 0.943 bits per heavy atom. The molecule has 0 aliphatic rings. The van der Waals surface area contributed by atoms with E-state index in [9.17, 15) is 9.59 Å². The number of aryl methyl sites for hydroxylation is 2. The summed E-state index contributed by atoms with van der Waals surface area (Å²) in [6, 6.07) is 21.2. The fourth-order valence-electron chi connectivity index (χ4n) is 3.42. The van der Waals surface area contributed by atoms with Crippen molar-refractivity contribution in [1.82, 2.24) is 15.5 Å². The lowest BCUT2D eigenvalue weighted by Crippen LogP contribution is -2.46. The van der Waals surface area contributed by atoms with E-state index in [0.717, 1.165) is 22.3 Å². The average molecular weight is 506 g/mol. The van der Waals surface area contributed by atoms with E-state index < -0.39 is 18.0 Å². The predicted molar refractivity (Wildman–Crippen MR) is 141 cm³/mol. The third-order valence-corrected chi connectivity index (χ3v) is 6.55. The van der Waals surface area contributed by atoms with Crippen molar-refractivity contribution in [3.05, 3.63) is 94.5 Å². The van der Waals surface area contributed by atoms with Crippen LogP contribution in [0.5, 0.6) is 0 Å². The highest BCUT2D eigenvalue weighted by molar-refractivity contribution is 7.18. The minimum atomic E-state index is -0.843. The molecule has 0 saturated heterocycles. The molecular formula is C26H24ClN5O2S. The van der Waals surface area contributed by atoms with Gasteiger partial charge in [-0.25, -0.2) is 4.79 Å². The summed E-state index contributed by atoms with van der Waals surface area (Å²) in [4.78, 5) is 25.9. The van der Waals surface area contributed by atoms with Crippen molar-refractivity contribution in [3.63, 3.8) is 0 Å². The lowest BCUT2D eigenvalue weighted by molar-refractivity contribution is -0.117. The second-order valence-corrected chi connectivity index (χ2v) is 9.46. The third kappa shape index (κ3) is 6.65. The molecule has 3 N–H and O–H groups in total. The molecule has 178 valence electrons. The number of hydrogen-bond donors (Lipinski definition) is 3. The number of benzene rings is 3. The molecule has 4 aromatic rings. The lowest BCUT2D eigenvalue weighted by Gasteiger charge is -2.18. The van der Waals surface area contributed by atoms with Crippen molar-refractivity contribution in [2.45, 2.75) is 26.3 Å². The van der Waals surface area contributed by atoms with Crippen LogP contribution in [-0.2, 0) is 11.2 Å². The Morgan fingerprint density at radius 2 is 1.74 bits per heavy atom. The highest BCUT2D eigenvalue weighted by Crippen LogP contribution is 2.27. The molecule has 1 aromatic heterocycles. The smallest absolute Gasteiger partial charge is 0.319 e. The van der Waals surface area contributed by atoms with Gasteiger partial charge >= 0.3 is 6.03 Å². The van der Waals surface area contributed by atoms with E-state index in [0.29, 0.717) is 27.3 Å². The molecule has 0 fully saturated rings. The topological polar surface area (TPSA) is 96.0 Å². The fraction of sp³-hybridized carbons (Fsp3) is 0.154. The summed E-state index contributed by atoms with van der Waals surface area (Å²) in [5.74, 6) is -0.391. The summed E-state index contributed by atoms with van der Waals surface area (Å²) in [6.45, 7) is 3.88. The van der Waals surface area contributed by atoms with Crippen LogP contribution in [0.2, 0.25) is 5.02 Å². The van der Waals surface area contributed by atoms with Crippen LogP contribution in [0.1, 0.15) is 16.7 Å². The van der Waals surface area contributed by atoms with Gasteiger partial charge in [-0.2, -0.15) is 0 Å². The van der Waals surface area contributed by atoms with Crippen LogP contribution < -0.4 is 16.0 Å². The van der Waals surface area contributed by atoms with Gasteiger partial charge in [0, 0.05) is 22.7 Å². The summed E-state index contributed by atoms with van der Waals surface area (Å²) in [7, 11) is 0. The predicted octanol–water partition coefficient (Wildman–Crippen LogP) is 5.85. The van der Waals surface area contributed by atoms with Gasteiger partial charge in [0.2, 0.25) is 11.0 Å². The van der Waals surface area contributed by atoms with Crippen LogP contribution in [0, 0.1) is 13.8 Å². The number of carbonyl (C=O) groups is 2. The Kier molecular flexibility index (Phi) is 7.74. The van der Waals surface area contributed by atoms with Crippen molar-refractivity contribution in [2.24, 2.45) is 0 Å². The quantitative estimate of drug-likeness (QED) is 0.293. The number of nitrogens with zero attached hydrogens (tertiary/aromatic N) is 2. The standard InChI is InChI=1S/C26H24ClN5O2S/c1-16-7-6-10-19(13-16)24-31-32-26(35-24)30-23(33)22(14-18-8-4-3-5-9-18)29-25(34)28-20-12-11-17(2)21(27)15-20/h3-13,15,22H,14H2,1-2H3,(H2,28,29,34)(H,30,32,33)/t22-/m0/s1. The fourth-order valence-corrected chi connectivity index (χ4v) is 4.34. The van der Waals surface area contributed by atoms with Crippen molar-refractivity contribution in [3.8, 4) is 10.6 Å². The van der Waals surface area contributed by atoms with Crippen molar-refractivity contribution in [1.29, 1.82) is 0 Å². The van der Waals surface area contributed by atoms with Crippen LogP contribution in [0.25, 0.3) is 10.6 Å². The summed E-state index contributed by atoms with van der Waals surface area (Å²) < 4.78 is 0. The summed E-state index contributed by atoms with van der Waals surface area (Å²) in [5, 5.41) is 18.2. The van der Waals surface area contributed by atoms with Gasteiger partial charge in [0.15, 0.2) is 0 Å². The molecule has 0 aliphatic carbocycles. The van der Waals surface area contributed by atoms with E-state index >= 15 is 0 Å². The van der Waals surface area contributed by atoms with Crippen LogP contribution in [0.4, 0.5) is 15.6 Å². The number of aromatic nitrogens is 2. The third-order valence-electron chi connectivity index (χ3n) is 5.25. The molecule has 7 nitrogen and oxygen atoms in total. The van der Waals surface area contributed by atoms with Gasteiger partial charge in [0.05, 0.1) is 0 Å². The van der Waals surface area contributed by atoms with E-state index in [1.165, 1.54) is 11.3 Å². The number of anilines is 2. The molecule has 9 heteroatoms. The van der Waals surface area contributed by atoms with Gasteiger partial charge in [-0.1, -0.05) is 83.1 Å². The van der Waals surface area contributed by atoms with E-state index in [4.69, 9.17) is 11.6 Å². The number of urea groups is 1.